The lowest BCUT2D eigenvalue weighted by Crippen LogP contribution is -1.99. The summed E-state index contributed by atoms with van der Waals surface area (Å²) in [7, 11) is -0.872. The zero-order valence-electron chi connectivity index (χ0n) is 9.30. The minimum Gasteiger partial charge on any atom is -0.259 e. The average molecular weight is 265 g/mol. The highest BCUT2D eigenvalue weighted by atomic mass is 35.5. The van der Waals surface area contributed by atoms with Gasteiger partial charge in [0.05, 0.1) is 0 Å². The van der Waals surface area contributed by atoms with E-state index >= 15 is 0 Å². The van der Waals surface area contributed by atoms with Gasteiger partial charge in [-0.25, -0.2) is 0 Å². The Morgan fingerprint density at radius 2 is 1.35 bits per heavy atom. The molecule has 0 radical (unpaired) electrons. The molecule has 0 aromatic heterocycles. The number of hydrogen-bond donors (Lipinski definition) is 0. The highest BCUT2D eigenvalue weighted by molar-refractivity contribution is 7.83. The minimum atomic E-state index is -0.872. The molecule has 0 aliphatic heterocycles. The highest BCUT2D eigenvalue weighted by Crippen LogP contribution is 2.12. The second-order valence-corrected chi connectivity index (χ2v) is 5.73. The van der Waals surface area contributed by atoms with Crippen LogP contribution in [0.3, 0.4) is 0 Å². The number of hydrogen-bond acceptors (Lipinski definition) is 1. The third-order valence-corrected chi connectivity index (χ3v) is 3.97. The van der Waals surface area contributed by atoms with Crippen molar-refractivity contribution in [1.82, 2.24) is 0 Å². The predicted molar refractivity (Wildman–Crippen MR) is 73.4 cm³/mol. The van der Waals surface area contributed by atoms with Gasteiger partial charge in [0.15, 0.2) is 0 Å². The van der Waals surface area contributed by atoms with E-state index < -0.39 is 10.8 Å². The van der Waals surface area contributed by atoms with E-state index in [0.29, 0.717) is 16.5 Å². The summed E-state index contributed by atoms with van der Waals surface area (Å²) < 4.78 is 11.9. The quantitative estimate of drug-likeness (QED) is 0.821. The Hall–Kier alpha value is -1.12. The van der Waals surface area contributed by atoms with E-state index in [1.165, 1.54) is 0 Å². The van der Waals surface area contributed by atoms with E-state index in [9.17, 15) is 4.21 Å². The zero-order chi connectivity index (χ0) is 12.1. The molecule has 0 saturated carbocycles. The van der Waals surface area contributed by atoms with Gasteiger partial charge in [0.2, 0.25) is 0 Å². The van der Waals surface area contributed by atoms with Gasteiger partial charge in [-0.3, -0.25) is 4.21 Å². The summed E-state index contributed by atoms with van der Waals surface area (Å²) in [6.07, 6.45) is 0. The van der Waals surface area contributed by atoms with Crippen molar-refractivity contribution in [3.05, 3.63) is 70.7 Å². The normalized spacial score (nSPS) is 12.3. The molecule has 0 aliphatic carbocycles. The summed E-state index contributed by atoms with van der Waals surface area (Å²) in [5.74, 6) is 1.18. The molecular weight excluding hydrogens is 252 g/mol. The third kappa shape index (κ3) is 3.99. The van der Waals surface area contributed by atoms with Gasteiger partial charge in [0.25, 0.3) is 0 Å². The maximum atomic E-state index is 11.9. The van der Waals surface area contributed by atoms with Gasteiger partial charge in [-0.1, -0.05) is 54.1 Å². The second-order valence-electron chi connectivity index (χ2n) is 3.84. The lowest BCUT2D eigenvalue weighted by molar-refractivity contribution is 0.682. The molecule has 0 saturated heterocycles. The number of halogens is 1. The van der Waals surface area contributed by atoms with Crippen LogP contribution in [0, 0.1) is 0 Å². The van der Waals surface area contributed by atoms with Crippen LogP contribution in [-0.2, 0) is 22.3 Å². The van der Waals surface area contributed by atoms with Gasteiger partial charge in [0.1, 0.15) is 0 Å². The molecule has 2 rings (SSSR count). The summed E-state index contributed by atoms with van der Waals surface area (Å²) >= 11 is 5.80. The number of benzene rings is 2. The summed E-state index contributed by atoms with van der Waals surface area (Å²) in [5.41, 5.74) is 2.17. The van der Waals surface area contributed by atoms with Crippen molar-refractivity contribution in [2.45, 2.75) is 11.5 Å². The molecule has 0 bridgehead atoms. The fourth-order valence-corrected chi connectivity index (χ4v) is 2.93. The molecule has 1 atom stereocenters. The molecule has 0 N–H and O–H groups in total. The molecule has 0 fully saturated rings. The fraction of sp³-hybridized carbons (Fsp3) is 0.143. The van der Waals surface area contributed by atoms with Gasteiger partial charge in [-0.05, 0) is 23.3 Å². The third-order valence-electron chi connectivity index (χ3n) is 2.41. The van der Waals surface area contributed by atoms with Crippen molar-refractivity contribution >= 4 is 22.4 Å². The van der Waals surface area contributed by atoms with Crippen molar-refractivity contribution in [2.75, 3.05) is 0 Å². The van der Waals surface area contributed by atoms with Crippen molar-refractivity contribution in [2.24, 2.45) is 0 Å². The molecule has 0 amide bonds. The summed E-state index contributed by atoms with van der Waals surface area (Å²) in [6.45, 7) is 0. The first kappa shape index (κ1) is 12.3. The Kier molecular flexibility index (Phi) is 4.35. The first-order chi connectivity index (χ1) is 8.24. The van der Waals surface area contributed by atoms with Crippen molar-refractivity contribution in [3.8, 4) is 0 Å². The van der Waals surface area contributed by atoms with Crippen LogP contribution in [0.2, 0.25) is 5.02 Å². The molecule has 2 aromatic carbocycles. The minimum absolute atomic E-state index is 0.575. The van der Waals surface area contributed by atoms with Gasteiger partial charge >= 0.3 is 0 Å². The first-order valence-corrected chi connectivity index (χ1v) is 7.24. The van der Waals surface area contributed by atoms with Crippen LogP contribution in [0.25, 0.3) is 0 Å². The molecule has 2 aromatic rings. The molecular formula is C14H13ClOS. The van der Waals surface area contributed by atoms with Crippen molar-refractivity contribution < 1.29 is 4.21 Å². The lowest BCUT2D eigenvalue weighted by Gasteiger charge is -2.03. The monoisotopic (exact) mass is 264 g/mol. The van der Waals surface area contributed by atoms with E-state index in [4.69, 9.17) is 11.6 Å². The highest BCUT2D eigenvalue weighted by Gasteiger charge is 2.03. The summed E-state index contributed by atoms with van der Waals surface area (Å²) in [5, 5.41) is 0.711. The molecule has 3 heteroatoms. The maximum absolute atomic E-state index is 11.9. The molecule has 0 spiro atoms. The van der Waals surface area contributed by atoms with Crippen molar-refractivity contribution in [1.29, 1.82) is 0 Å². The van der Waals surface area contributed by atoms with Gasteiger partial charge in [0, 0.05) is 27.3 Å². The summed E-state index contributed by atoms with van der Waals surface area (Å²) in [6, 6.07) is 17.4. The molecule has 88 valence electrons. The SMILES string of the molecule is O=[S@](Cc1ccccc1)Cc1ccc(Cl)cc1. The van der Waals surface area contributed by atoms with Crippen LogP contribution in [0.1, 0.15) is 11.1 Å². The smallest absolute Gasteiger partial charge is 0.0489 e. The van der Waals surface area contributed by atoms with Crippen LogP contribution in [0.4, 0.5) is 0 Å². The Bertz CT molecular complexity index is 493. The topological polar surface area (TPSA) is 17.1 Å². The van der Waals surface area contributed by atoms with Gasteiger partial charge in [-0.15, -0.1) is 0 Å². The van der Waals surface area contributed by atoms with Crippen LogP contribution in [0.5, 0.6) is 0 Å². The molecule has 0 aliphatic rings. The first-order valence-electron chi connectivity index (χ1n) is 5.37. The van der Waals surface area contributed by atoms with E-state index in [1.54, 1.807) is 0 Å². The molecule has 0 heterocycles. The second kappa shape index (κ2) is 5.99. The van der Waals surface area contributed by atoms with Crippen LogP contribution >= 0.6 is 11.6 Å². The van der Waals surface area contributed by atoms with Crippen LogP contribution < -0.4 is 0 Å². The van der Waals surface area contributed by atoms with E-state index in [-0.39, 0.29) is 0 Å². The van der Waals surface area contributed by atoms with E-state index in [2.05, 4.69) is 0 Å². The lowest BCUT2D eigenvalue weighted by atomic mass is 10.2. The fourth-order valence-electron chi connectivity index (χ4n) is 1.58. The largest absolute Gasteiger partial charge is 0.259 e. The van der Waals surface area contributed by atoms with Crippen LogP contribution in [0.15, 0.2) is 54.6 Å². The predicted octanol–water partition coefficient (Wildman–Crippen LogP) is 3.79. The Morgan fingerprint density at radius 1 is 0.824 bits per heavy atom. The maximum Gasteiger partial charge on any atom is 0.0489 e. The number of rotatable bonds is 4. The molecule has 1 nitrogen and oxygen atoms in total. The standard InChI is InChI=1S/C14H13ClOS/c15-14-8-6-13(7-9-14)11-17(16)10-12-4-2-1-3-5-12/h1-9H,10-11H2/t17-/m1/s1. The Morgan fingerprint density at radius 3 is 1.94 bits per heavy atom. The van der Waals surface area contributed by atoms with Crippen molar-refractivity contribution in [3.63, 3.8) is 0 Å². The summed E-state index contributed by atoms with van der Waals surface area (Å²) in [4.78, 5) is 0. The average Bonchev–Trinajstić information content (AvgIpc) is 2.33. The molecule has 0 unspecified atom stereocenters. The van der Waals surface area contributed by atoms with E-state index in [1.807, 2.05) is 54.6 Å². The van der Waals surface area contributed by atoms with Gasteiger partial charge in [-0.2, -0.15) is 0 Å². The Balaban J connectivity index is 1.96. The molecule has 17 heavy (non-hydrogen) atoms. The van der Waals surface area contributed by atoms with E-state index in [0.717, 1.165) is 11.1 Å². The Labute approximate surface area is 109 Å². The zero-order valence-corrected chi connectivity index (χ0v) is 10.9. The van der Waals surface area contributed by atoms with Gasteiger partial charge < -0.3 is 0 Å². The van der Waals surface area contributed by atoms with Crippen LogP contribution in [-0.4, -0.2) is 4.21 Å².